The lowest BCUT2D eigenvalue weighted by Crippen LogP contribution is -2.30. The number of aliphatic hydroxyl groups excluding tert-OH is 1. The second kappa shape index (κ2) is 57.9. The molecule has 0 aliphatic carbocycles. The number of carbonyl (C=O) groups excluding carboxylic acids is 4. The van der Waals surface area contributed by atoms with Crippen molar-refractivity contribution in [3.63, 3.8) is 0 Å². The molecule has 8 atom stereocenters. The summed E-state index contributed by atoms with van der Waals surface area (Å²) >= 11 is 0. The number of phosphoric acid groups is 2. The maximum absolute atomic E-state index is 13.0. The minimum Gasteiger partial charge on any atom is -0.462 e. The van der Waals surface area contributed by atoms with Crippen molar-refractivity contribution in [2.75, 3.05) is 39.6 Å². The predicted octanol–water partition coefficient (Wildman–Crippen LogP) is 18.9. The number of hydrogen-bond acceptors (Lipinski definition) is 15. The summed E-state index contributed by atoms with van der Waals surface area (Å²) in [5.74, 6) is 0.838. The van der Waals surface area contributed by atoms with Crippen molar-refractivity contribution < 1.29 is 80.2 Å². The molecule has 0 bridgehead atoms. The summed E-state index contributed by atoms with van der Waals surface area (Å²) in [7, 11) is -9.90. The first-order valence-corrected chi connectivity index (χ1v) is 38.3. The molecule has 516 valence electrons. The Morgan fingerprint density at radius 1 is 0.322 bits per heavy atom. The van der Waals surface area contributed by atoms with E-state index < -0.39 is 97.5 Å². The summed E-state index contributed by atoms with van der Waals surface area (Å²) in [5.41, 5.74) is 0. The van der Waals surface area contributed by atoms with Crippen LogP contribution in [0.15, 0.2) is 0 Å². The topological polar surface area (TPSA) is 237 Å². The smallest absolute Gasteiger partial charge is 0.462 e. The monoisotopic (exact) mass is 1280 g/mol. The Hall–Kier alpha value is -1.94. The van der Waals surface area contributed by atoms with Gasteiger partial charge in [-0.2, -0.15) is 0 Å². The van der Waals surface area contributed by atoms with Crippen molar-refractivity contribution in [3.05, 3.63) is 0 Å². The van der Waals surface area contributed by atoms with Gasteiger partial charge in [0.1, 0.15) is 19.3 Å². The van der Waals surface area contributed by atoms with Crippen molar-refractivity contribution in [1.82, 2.24) is 0 Å². The fourth-order valence-electron chi connectivity index (χ4n) is 10.0. The van der Waals surface area contributed by atoms with Crippen LogP contribution in [0.25, 0.3) is 0 Å². The van der Waals surface area contributed by atoms with Crippen LogP contribution < -0.4 is 0 Å². The fourth-order valence-corrected chi connectivity index (χ4v) is 11.6. The van der Waals surface area contributed by atoms with Gasteiger partial charge in [0.05, 0.1) is 26.4 Å². The molecule has 19 heteroatoms. The predicted molar refractivity (Wildman–Crippen MR) is 349 cm³/mol. The Morgan fingerprint density at radius 2 is 0.552 bits per heavy atom. The van der Waals surface area contributed by atoms with Crippen molar-refractivity contribution in [2.45, 2.75) is 350 Å². The number of aliphatic hydroxyl groups is 1. The highest BCUT2D eigenvalue weighted by atomic mass is 31.2. The van der Waals surface area contributed by atoms with E-state index in [1.54, 1.807) is 0 Å². The molecule has 17 nitrogen and oxygen atoms in total. The third kappa shape index (κ3) is 58.9. The summed E-state index contributed by atoms with van der Waals surface area (Å²) in [4.78, 5) is 72.3. The average Bonchev–Trinajstić information content (AvgIpc) is 3.71. The Bertz CT molecular complexity index is 1740. The zero-order valence-corrected chi connectivity index (χ0v) is 58.4. The van der Waals surface area contributed by atoms with Crippen molar-refractivity contribution >= 4 is 39.5 Å². The van der Waals surface area contributed by atoms with E-state index in [4.69, 9.17) is 37.0 Å². The standard InChI is InChI=1S/C68H132O17P2/c1-9-59(6)45-37-29-20-18-16-14-12-13-15-17-19-21-34-42-50-67(72)84-63(54-78-65(70)48-40-32-25-22-28-36-44-58(4)5)56-82-86(74,75)80-52-62(69)53-81-87(76,77)83-57-64(85-68(73)51-43-35-27-24-31-39-47-61(8)11-3)55-79-66(71)49-41-33-26-23-30-38-46-60(7)10-2/h58-64,69H,9-57H2,1-8H3,(H,74,75)(H,76,77)/t59?,60?,61?,62-,63+,64+/m0/s1. The van der Waals surface area contributed by atoms with Crippen LogP contribution in [0, 0.1) is 23.7 Å². The van der Waals surface area contributed by atoms with Gasteiger partial charge in [0.2, 0.25) is 0 Å². The highest BCUT2D eigenvalue weighted by Gasteiger charge is 2.30. The highest BCUT2D eigenvalue weighted by molar-refractivity contribution is 7.47. The maximum atomic E-state index is 13.0. The third-order valence-corrected chi connectivity index (χ3v) is 18.6. The number of unbranched alkanes of at least 4 members (excludes halogenated alkanes) is 28. The number of hydrogen-bond donors (Lipinski definition) is 3. The summed E-state index contributed by atoms with van der Waals surface area (Å²) in [6, 6.07) is 0. The molecule has 0 aromatic carbocycles. The molecule has 87 heavy (non-hydrogen) atoms. The van der Waals surface area contributed by atoms with Crippen LogP contribution in [0.1, 0.15) is 331 Å². The van der Waals surface area contributed by atoms with Gasteiger partial charge in [0.15, 0.2) is 12.2 Å². The first-order chi connectivity index (χ1) is 41.7. The van der Waals surface area contributed by atoms with Gasteiger partial charge in [-0.05, 0) is 49.4 Å². The van der Waals surface area contributed by atoms with E-state index >= 15 is 0 Å². The van der Waals surface area contributed by atoms with Crippen LogP contribution in [0.3, 0.4) is 0 Å². The summed E-state index contributed by atoms with van der Waals surface area (Å²) in [6.45, 7) is 14.0. The summed E-state index contributed by atoms with van der Waals surface area (Å²) in [6.07, 6.45) is 39.1. The van der Waals surface area contributed by atoms with Gasteiger partial charge in [-0.3, -0.25) is 37.3 Å². The van der Waals surface area contributed by atoms with E-state index in [9.17, 15) is 43.2 Å². The van der Waals surface area contributed by atoms with E-state index in [0.29, 0.717) is 31.6 Å². The van der Waals surface area contributed by atoms with Gasteiger partial charge in [0.25, 0.3) is 0 Å². The maximum Gasteiger partial charge on any atom is 0.472 e. The van der Waals surface area contributed by atoms with Crippen LogP contribution in [-0.4, -0.2) is 96.7 Å². The largest absolute Gasteiger partial charge is 0.472 e. The molecule has 0 rings (SSSR count). The fraction of sp³-hybridized carbons (Fsp3) is 0.941. The highest BCUT2D eigenvalue weighted by Crippen LogP contribution is 2.45. The van der Waals surface area contributed by atoms with Gasteiger partial charge in [0, 0.05) is 25.7 Å². The van der Waals surface area contributed by atoms with E-state index in [-0.39, 0.29) is 25.7 Å². The molecule has 0 heterocycles. The Morgan fingerprint density at radius 3 is 0.816 bits per heavy atom. The second-order valence-electron chi connectivity index (χ2n) is 25.8. The minimum absolute atomic E-state index is 0.101. The molecule has 0 aliphatic rings. The molecular weight excluding hydrogens is 1150 g/mol. The van der Waals surface area contributed by atoms with E-state index in [1.807, 2.05) is 0 Å². The molecule has 0 fully saturated rings. The first kappa shape index (κ1) is 85.1. The Kier molecular flexibility index (Phi) is 56.6. The molecule has 0 saturated heterocycles. The second-order valence-corrected chi connectivity index (χ2v) is 28.7. The number of phosphoric ester groups is 2. The van der Waals surface area contributed by atoms with Crippen molar-refractivity contribution in [1.29, 1.82) is 0 Å². The van der Waals surface area contributed by atoms with Gasteiger partial charge in [-0.1, -0.05) is 280 Å². The van der Waals surface area contributed by atoms with E-state index in [0.717, 1.165) is 120 Å². The van der Waals surface area contributed by atoms with E-state index in [1.165, 1.54) is 122 Å². The molecule has 0 aliphatic heterocycles. The van der Waals surface area contributed by atoms with Crippen LogP contribution in [0.2, 0.25) is 0 Å². The summed E-state index contributed by atoms with van der Waals surface area (Å²) < 4.78 is 68.1. The molecule has 0 amide bonds. The van der Waals surface area contributed by atoms with Gasteiger partial charge >= 0.3 is 39.5 Å². The van der Waals surface area contributed by atoms with Gasteiger partial charge < -0.3 is 33.8 Å². The lowest BCUT2D eigenvalue weighted by Gasteiger charge is -2.21. The van der Waals surface area contributed by atoms with Gasteiger partial charge in [-0.15, -0.1) is 0 Å². The lowest BCUT2D eigenvalue weighted by atomic mass is 9.99. The normalized spacial score (nSPS) is 15.3. The Balaban J connectivity index is 5.21. The molecule has 0 aromatic heterocycles. The van der Waals surface area contributed by atoms with Gasteiger partial charge in [-0.25, -0.2) is 9.13 Å². The SMILES string of the molecule is CCC(C)CCCCCCCCCCCCCCCCC(=O)O[C@H](COC(=O)CCCCCCCCC(C)C)COP(=O)(O)OC[C@H](O)COP(=O)(O)OC[C@@H](COC(=O)CCCCCCCCC(C)CC)OC(=O)CCCCCCCCC(C)CC. The third-order valence-electron chi connectivity index (χ3n) is 16.7. The lowest BCUT2D eigenvalue weighted by molar-refractivity contribution is -0.161. The quantitative estimate of drug-likeness (QED) is 0.0222. The first-order valence-electron chi connectivity index (χ1n) is 35.3. The number of ether oxygens (including phenoxy) is 4. The molecule has 5 unspecified atom stereocenters. The minimum atomic E-state index is -4.95. The zero-order valence-electron chi connectivity index (χ0n) is 56.6. The molecular formula is C68H132O17P2. The van der Waals surface area contributed by atoms with Crippen LogP contribution in [0.4, 0.5) is 0 Å². The molecule has 3 N–H and O–H groups in total. The molecule has 0 aromatic rings. The zero-order chi connectivity index (χ0) is 64.7. The van der Waals surface area contributed by atoms with Crippen molar-refractivity contribution in [2.24, 2.45) is 23.7 Å². The molecule has 0 saturated carbocycles. The van der Waals surface area contributed by atoms with Crippen molar-refractivity contribution in [3.8, 4) is 0 Å². The number of carbonyl (C=O) groups is 4. The van der Waals surface area contributed by atoms with Crippen LogP contribution in [-0.2, 0) is 65.4 Å². The van der Waals surface area contributed by atoms with Crippen LogP contribution in [0.5, 0.6) is 0 Å². The molecule has 0 spiro atoms. The summed E-state index contributed by atoms with van der Waals surface area (Å²) in [5, 5.41) is 10.6. The average molecular weight is 1280 g/mol. The Labute approximate surface area is 530 Å². The molecule has 0 radical (unpaired) electrons. The number of rotatable bonds is 65. The van der Waals surface area contributed by atoms with Crippen LogP contribution >= 0.6 is 15.6 Å². The number of esters is 4. The van der Waals surface area contributed by atoms with E-state index in [2.05, 4.69) is 55.4 Å².